The molecule has 2 N–H and O–H groups in total. The average Bonchev–Trinajstić information content (AvgIpc) is 2.45. The molecule has 0 aromatic heterocycles. The first-order chi connectivity index (χ1) is 10.1. The summed E-state index contributed by atoms with van der Waals surface area (Å²) in [6.07, 6.45) is 0. The minimum atomic E-state index is -0.364. The minimum Gasteiger partial charge on any atom is -0.488 e. The number of aryl methyl sites for hydroxylation is 1. The highest BCUT2D eigenvalue weighted by Gasteiger charge is 2.06. The molecule has 21 heavy (non-hydrogen) atoms. The third kappa shape index (κ3) is 4.22. The molecule has 108 valence electrons. The summed E-state index contributed by atoms with van der Waals surface area (Å²) in [5.74, 6) is 5.64. The van der Waals surface area contributed by atoms with Gasteiger partial charge >= 0.3 is 0 Å². The van der Waals surface area contributed by atoms with Crippen LogP contribution in [-0.2, 0) is 6.61 Å². The maximum Gasteiger partial charge on any atom is 0.135 e. The molecular weight excluding hydrogens is 289 g/mol. The van der Waals surface area contributed by atoms with E-state index in [1.807, 2.05) is 25.1 Å². The number of hydrogen-bond donors (Lipinski definition) is 1. The number of rotatable bonds is 3. The van der Waals surface area contributed by atoms with E-state index in [1.165, 1.54) is 12.1 Å². The number of hydrogen-bond acceptors (Lipinski definition) is 2. The molecule has 2 rings (SSSR count). The fourth-order valence-electron chi connectivity index (χ4n) is 1.80. The van der Waals surface area contributed by atoms with Gasteiger partial charge in [0.1, 0.15) is 18.2 Å². The van der Waals surface area contributed by atoms with Crippen LogP contribution in [0, 0.1) is 24.6 Å². The van der Waals surface area contributed by atoms with Gasteiger partial charge in [0.2, 0.25) is 0 Å². The summed E-state index contributed by atoms with van der Waals surface area (Å²) in [6.45, 7) is 2.47. The zero-order chi connectivity index (χ0) is 15.2. The Hall–Kier alpha value is -2.02. The lowest BCUT2D eigenvalue weighted by atomic mass is 10.1. The Labute approximate surface area is 128 Å². The molecule has 0 saturated carbocycles. The average molecular weight is 304 g/mol. The van der Waals surface area contributed by atoms with Gasteiger partial charge in [0.25, 0.3) is 0 Å². The molecule has 2 aromatic rings. The molecule has 0 aliphatic carbocycles. The first-order valence-electron chi connectivity index (χ1n) is 6.46. The summed E-state index contributed by atoms with van der Waals surface area (Å²) >= 11 is 6.16. The van der Waals surface area contributed by atoms with Crippen molar-refractivity contribution < 1.29 is 9.13 Å². The summed E-state index contributed by atoms with van der Waals surface area (Å²) in [5, 5.41) is 0.645. The monoisotopic (exact) mass is 303 g/mol. The zero-order valence-electron chi connectivity index (χ0n) is 11.6. The van der Waals surface area contributed by atoms with Crippen molar-refractivity contribution in [1.29, 1.82) is 0 Å². The van der Waals surface area contributed by atoms with Crippen LogP contribution in [0.3, 0.4) is 0 Å². The van der Waals surface area contributed by atoms with Crippen LogP contribution in [-0.4, -0.2) is 6.54 Å². The first-order valence-corrected chi connectivity index (χ1v) is 6.84. The maximum atomic E-state index is 13.3. The Morgan fingerprint density at radius 1 is 1.24 bits per heavy atom. The summed E-state index contributed by atoms with van der Waals surface area (Å²) in [6, 6.07) is 9.96. The van der Waals surface area contributed by atoms with E-state index in [1.54, 1.807) is 6.07 Å². The highest BCUT2D eigenvalue weighted by Crippen LogP contribution is 2.23. The van der Waals surface area contributed by atoms with E-state index in [9.17, 15) is 4.39 Å². The fourth-order valence-corrected chi connectivity index (χ4v) is 2.09. The van der Waals surface area contributed by atoms with E-state index in [-0.39, 0.29) is 12.4 Å². The Kier molecular flexibility index (Phi) is 5.21. The van der Waals surface area contributed by atoms with Crippen LogP contribution in [0.4, 0.5) is 4.39 Å². The van der Waals surface area contributed by atoms with E-state index >= 15 is 0 Å². The van der Waals surface area contributed by atoms with E-state index in [0.29, 0.717) is 22.9 Å². The Balaban J connectivity index is 2.19. The molecule has 0 radical (unpaired) electrons. The molecule has 0 fully saturated rings. The lowest BCUT2D eigenvalue weighted by molar-refractivity contribution is 0.305. The molecule has 0 amide bonds. The molecular formula is C17H15ClFNO. The second-order valence-electron chi connectivity index (χ2n) is 4.53. The van der Waals surface area contributed by atoms with Crippen LogP contribution in [0.5, 0.6) is 5.75 Å². The second-order valence-corrected chi connectivity index (χ2v) is 4.94. The van der Waals surface area contributed by atoms with Gasteiger partial charge in [0.05, 0.1) is 12.1 Å². The minimum absolute atomic E-state index is 0.208. The Morgan fingerprint density at radius 3 is 2.76 bits per heavy atom. The van der Waals surface area contributed by atoms with Gasteiger partial charge in [-0.2, -0.15) is 0 Å². The highest BCUT2D eigenvalue weighted by atomic mass is 35.5. The summed E-state index contributed by atoms with van der Waals surface area (Å²) < 4.78 is 19.0. The van der Waals surface area contributed by atoms with Crippen molar-refractivity contribution in [2.24, 2.45) is 5.73 Å². The number of halogens is 2. The maximum absolute atomic E-state index is 13.3. The van der Waals surface area contributed by atoms with Crippen molar-refractivity contribution >= 4 is 11.6 Å². The predicted molar refractivity (Wildman–Crippen MR) is 82.9 cm³/mol. The third-order valence-electron chi connectivity index (χ3n) is 2.86. The largest absolute Gasteiger partial charge is 0.488 e. The topological polar surface area (TPSA) is 35.2 Å². The number of ether oxygens (including phenoxy) is 1. The first kappa shape index (κ1) is 15.4. The van der Waals surface area contributed by atoms with E-state index in [2.05, 4.69) is 11.8 Å². The standard InChI is InChI=1S/C17H15ClFNO/c1-12-4-5-14(16(18)9-12)11-21-17-7-6-15(19)10-13(17)3-2-8-20/h4-7,9-10H,8,11,20H2,1H3. The number of nitrogens with two attached hydrogens (primary N) is 1. The predicted octanol–water partition coefficient (Wildman–Crippen LogP) is 3.68. The van der Waals surface area contributed by atoms with E-state index < -0.39 is 0 Å². The number of benzene rings is 2. The van der Waals surface area contributed by atoms with Crippen LogP contribution >= 0.6 is 11.6 Å². The van der Waals surface area contributed by atoms with Gasteiger partial charge in [0.15, 0.2) is 0 Å². The normalized spacial score (nSPS) is 9.90. The lowest BCUT2D eigenvalue weighted by Crippen LogP contribution is -1.99. The van der Waals surface area contributed by atoms with Crippen LogP contribution in [0.2, 0.25) is 5.02 Å². The highest BCUT2D eigenvalue weighted by molar-refractivity contribution is 6.31. The molecule has 0 aliphatic heterocycles. The molecule has 0 aliphatic rings. The Morgan fingerprint density at radius 2 is 2.05 bits per heavy atom. The van der Waals surface area contributed by atoms with Crippen molar-refractivity contribution in [1.82, 2.24) is 0 Å². The Bertz CT molecular complexity index is 704. The van der Waals surface area contributed by atoms with Gasteiger partial charge < -0.3 is 10.5 Å². The molecule has 0 unspecified atom stereocenters. The SMILES string of the molecule is Cc1ccc(COc2ccc(F)cc2C#CCN)c(Cl)c1. The van der Waals surface area contributed by atoms with Crippen molar-refractivity contribution in [3.05, 3.63) is 63.9 Å². The zero-order valence-corrected chi connectivity index (χ0v) is 12.4. The van der Waals surface area contributed by atoms with Crippen molar-refractivity contribution in [2.75, 3.05) is 6.54 Å². The van der Waals surface area contributed by atoms with Gasteiger partial charge in [-0.05, 0) is 36.8 Å². The van der Waals surface area contributed by atoms with Crippen LogP contribution in [0.1, 0.15) is 16.7 Å². The molecule has 2 aromatic carbocycles. The van der Waals surface area contributed by atoms with Crippen LogP contribution in [0.25, 0.3) is 0 Å². The van der Waals surface area contributed by atoms with Gasteiger partial charge in [0, 0.05) is 10.6 Å². The molecule has 0 saturated heterocycles. The molecule has 0 bridgehead atoms. The molecule has 4 heteroatoms. The summed E-state index contributed by atoms with van der Waals surface area (Å²) in [5.41, 5.74) is 7.76. The van der Waals surface area contributed by atoms with Crippen molar-refractivity contribution in [3.63, 3.8) is 0 Å². The van der Waals surface area contributed by atoms with Gasteiger partial charge in [-0.1, -0.05) is 35.6 Å². The van der Waals surface area contributed by atoms with Crippen LogP contribution in [0.15, 0.2) is 36.4 Å². The van der Waals surface area contributed by atoms with Crippen molar-refractivity contribution in [2.45, 2.75) is 13.5 Å². The quantitative estimate of drug-likeness (QED) is 0.878. The lowest BCUT2D eigenvalue weighted by Gasteiger charge is -2.10. The van der Waals surface area contributed by atoms with Gasteiger partial charge in [-0.25, -0.2) is 4.39 Å². The van der Waals surface area contributed by atoms with E-state index in [0.717, 1.165) is 11.1 Å². The van der Waals surface area contributed by atoms with Crippen molar-refractivity contribution in [3.8, 4) is 17.6 Å². The molecule has 0 atom stereocenters. The molecule has 0 spiro atoms. The molecule has 0 heterocycles. The smallest absolute Gasteiger partial charge is 0.135 e. The van der Waals surface area contributed by atoms with Gasteiger partial charge in [-0.3, -0.25) is 0 Å². The third-order valence-corrected chi connectivity index (χ3v) is 3.21. The fraction of sp³-hybridized carbons (Fsp3) is 0.176. The second kappa shape index (κ2) is 7.12. The van der Waals surface area contributed by atoms with E-state index in [4.69, 9.17) is 22.1 Å². The molecule has 2 nitrogen and oxygen atoms in total. The summed E-state index contributed by atoms with van der Waals surface area (Å²) in [4.78, 5) is 0. The van der Waals surface area contributed by atoms with Gasteiger partial charge in [-0.15, -0.1) is 0 Å². The van der Waals surface area contributed by atoms with Crippen LogP contribution < -0.4 is 10.5 Å². The summed E-state index contributed by atoms with van der Waals surface area (Å²) in [7, 11) is 0.